The van der Waals surface area contributed by atoms with Crippen molar-refractivity contribution < 1.29 is 9.59 Å². The lowest BCUT2D eigenvalue weighted by Crippen LogP contribution is -2.10. The van der Waals surface area contributed by atoms with Gasteiger partial charge in [-0.2, -0.15) is 0 Å². The number of aliphatic imine (C=N–C) groups is 1. The summed E-state index contributed by atoms with van der Waals surface area (Å²) in [4.78, 5) is 27.5. The minimum atomic E-state index is -0.336. The van der Waals surface area contributed by atoms with Crippen LogP contribution in [0.15, 0.2) is 28.1 Å². The average molecular weight is 207 g/mol. The van der Waals surface area contributed by atoms with Gasteiger partial charge in [0.2, 0.25) is 0 Å². The number of rotatable bonds is 2. The van der Waals surface area contributed by atoms with Crippen LogP contribution in [0, 0.1) is 0 Å². The largest absolute Gasteiger partial charge is 0.296 e. The molecule has 0 N–H and O–H groups in total. The lowest BCUT2D eigenvalue weighted by molar-refractivity contribution is -0.118. The average Bonchev–Trinajstić information content (AvgIpc) is 2.59. The third-order valence-corrected chi connectivity index (χ3v) is 3.22. The predicted molar refractivity (Wildman–Crippen MR) is 56.3 cm³/mol. The summed E-state index contributed by atoms with van der Waals surface area (Å²) in [6, 6.07) is 0. The summed E-state index contributed by atoms with van der Waals surface area (Å²) in [5, 5.41) is -0.336. The van der Waals surface area contributed by atoms with Crippen LogP contribution in [-0.4, -0.2) is 22.7 Å². The minimum Gasteiger partial charge on any atom is -0.296 e. The maximum Gasteiger partial charge on any atom is 0.179 e. The number of ketones is 2. The molecule has 2 rings (SSSR count). The van der Waals surface area contributed by atoms with Crippen LogP contribution in [0.4, 0.5) is 0 Å². The maximum absolute atomic E-state index is 11.4. The molecule has 0 radical (unpaired) electrons. The van der Waals surface area contributed by atoms with Gasteiger partial charge in [0.05, 0.1) is 5.71 Å². The first-order valence-electron chi connectivity index (χ1n) is 4.42. The Hall–Kier alpha value is -1.16. The fourth-order valence-corrected chi connectivity index (χ4v) is 2.41. The molecule has 72 valence electrons. The van der Waals surface area contributed by atoms with E-state index in [9.17, 15) is 9.59 Å². The van der Waals surface area contributed by atoms with E-state index in [1.54, 1.807) is 6.08 Å². The van der Waals surface area contributed by atoms with Crippen LogP contribution in [0.25, 0.3) is 0 Å². The summed E-state index contributed by atoms with van der Waals surface area (Å²) < 4.78 is 0. The second-order valence-electron chi connectivity index (χ2n) is 3.05. The molecular formula is C10H9NO2S. The Morgan fingerprint density at radius 3 is 3.07 bits per heavy atom. The number of hydrogen-bond donors (Lipinski definition) is 0. The van der Waals surface area contributed by atoms with Gasteiger partial charge in [0.1, 0.15) is 0 Å². The zero-order valence-corrected chi connectivity index (χ0v) is 8.50. The highest BCUT2D eigenvalue weighted by molar-refractivity contribution is 8.05. The highest BCUT2D eigenvalue weighted by Gasteiger charge is 2.28. The number of fused-ring (bicyclic) bond motifs is 1. The van der Waals surface area contributed by atoms with Gasteiger partial charge in [0.25, 0.3) is 0 Å². The van der Waals surface area contributed by atoms with Gasteiger partial charge in [0.15, 0.2) is 16.9 Å². The van der Waals surface area contributed by atoms with Crippen molar-refractivity contribution in [2.45, 2.75) is 18.7 Å². The molecule has 0 fully saturated rings. The highest BCUT2D eigenvalue weighted by atomic mass is 32.2. The normalized spacial score (nSPS) is 24.4. The first-order chi connectivity index (χ1) is 6.70. The van der Waals surface area contributed by atoms with Crippen LogP contribution in [0.3, 0.4) is 0 Å². The van der Waals surface area contributed by atoms with Crippen LogP contribution in [0.2, 0.25) is 0 Å². The molecule has 0 aromatic heterocycles. The molecule has 1 heterocycles. The van der Waals surface area contributed by atoms with E-state index < -0.39 is 0 Å². The summed E-state index contributed by atoms with van der Waals surface area (Å²) in [5.74, 6) is 0.0784. The van der Waals surface area contributed by atoms with E-state index in [1.165, 1.54) is 23.9 Å². The topological polar surface area (TPSA) is 46.5 Å². The SMILES string of the molecule is CCC(=O)C1N=C2C=CC(=O)C=C2S1. The zero-order chi connectivity index (χ0) is 10.1. The van der Waals surface area contributed by atoms with Crippen molar-refractivity contribution in [2.75, 3.05) is 0 Å². The lowest BCUT2D eigenvalue weighted by Gasteiger charge is -2.02. The number of carbonyl (C=O) groups excluding carboxylic acids is 2. The second-order valence-corrected chi connectivity index (χ2v) is 4.17. The number of allylic oxidation sites excluding steroid dienone is 4. The Labute approximate surface area is 86.0 Å². The molecule has 1 aliphatic carbocycles. The van der Waals surface area contributed by atoms with Crippen LogP contribution >= 0.6 is 11.8 Å². The second kappa shape index (κ2) is 3.53. The standard InChI is InChI=1S/C10H9NO2S/c1-2-8(13)10-11-7-4-3-6(12)5-9(7)14-10/h3-5,10H,2H2,1H3. The molecule has 1 unspecified atom stereocenters. The van der Waals surface area contributed by atoms with E-state index in [0.29, 0.717) is 6.42 Å². The molecule has 14 heavy (non-hydrogen) atoms. The number of nitrogens with zero attached hydrogens (tertiary/aromatic N) is 1. The van der Waals surface area contributed by atoms with Crippen molar-refractivity contribution in [3.63, 3.8) is 0 Å². The fourth-order valence-electron chi connectivity index (χ4n) is 1.28. The Morgan fingerprint density at radius 2 is 2.36 bits per heavy atom. The van der Waals surface area contributed by atoms with E-state index in [-0.39, 0.29) is 16.9 Å². The van der Waals surface area contributed by atoms with Gasteiger partial charge in [-0.1, -0.05) is 18.7 Å². The number of thioether (sulfide) groups is 1. The van der Waals surface area contributed by atoms with Gasteiger partial charge in [-0.25, -0.2) is 0 Å². The van der Waals surface area contributed by atoms with Gasteiger partial charge in [-0.15, -0.1) is 0 Å². The first kappa shape index (κ1) is 9.40. The van der Waals surface area contributed by atoms with Gasteiger partial charge >= 0.3 is 0 Å². The molecule has 0 saturated heterocycles. The van der Waals surface area contributed by atoms with Crippen molar-refractivity contribution in [1.29, 1.82) is 0 Å². The highest BCUT2D eigenvalue weighted by Crippen LogP contribution is 2.34. The van der Waals surface area contributed by atoms with Crippen molar-refractivity contribution >= 4 is 29.0 Å². The van der Waals surface area contributed by atoms with Crippen molar-refractivity contribution in [1.82, 2.24) is 0 Å². The van der Waals surface area contributed by atoms with Gasteiger partial charge in [-0.05, 0) is 12.2 Å². The van der Waals surface area contributed by atoms with Crippen LogP contribution in [-0.2, 0) is 9.59 Å². The van der Waals surface area contributed by atoms with E-state index in [0.717, 1.165) is 10.6 Å². The van der Waals surface area contributed by atoms with Crippen molar-refractivity contribution in [2.24, 2.45) is 4.99 Å². The fraction of sp³-hybridized carbons (Fsp3) is 0.300. The lowest BCUT2D eigenvalue weighted by atomic mass is 10.1. The van der Waals surface area contributed by atoms with E-state index in [1.807, 2.05) is 6.92 Å². The Bertz CT molecular complexity index is 393. The van der Waals surface area contributed by atoms with Crippen LogP contribution in [0.1, 0.15) is 13.3 Å². The maximum atomic E-state index is 11.4. The van der Waals surface area contributed by atoms with E-state index in [4.69, 9.17) is 0 Å². The Kier molecular flexibility index (Phi) is 2.37. The molecular weight excluding hydrogens is 198 g/mol. The minimum absolute atomic E-state index is 0.0314. The zero-order valence-electron chi connectivity index (χ0n) is 7.69. The molecule has 0 aromatic carbocycles. The number of carbonyl (C=O) groups is 2. The quantitative estimate of drug-likeness (QED) is 0.645. The van der Waals surface area contributed by atoms with Crippen LogP contribution < -0.4 is 0 Å². The molecule has 0 saturated carbocycles. The van der Waals surface area contributed by atoms with Gasteiger partial charge < -0.3 is 0 Å². The van der Waals surface area contributed by atoms with Crippen LogP contribution in [0.5, 0.6) is 0 Å². The summed E-state index contributed by atoms with van der Waals surface area (Å²) in [6.45, 7) is 1.82. The molecule has 1 aliphatic heterocycles. The molecule has 0 amide bonds. The number of Topliss-reactive ketones (excluding diaryl/α,β-unsaturated/α-hetero) is 1. The monoisotopic (exact) mass is 207 g/mol. The summed E-state index contributed by atoms with van der Waals surface area (Å²) in [6.07, 6.45) is 5.17. The molecule has 2 aliphatic rings. The number of hydrogen-bond acceptors (Lipinski definition) is 4. The van der Waals surface area contributed by atoms with Gasteiger partial charge in [-0.3, -0.25) is 14.6 Å². The molecule has 0 spiro atoms. The Morgan fingerprint density at radius 1 is 1.57 bits per heavy atom. The van der Waals surface area contributed by atoms with Crippen molar-refractivity contribution in [3.8, 4) is 0 Å². The molecule has 4 heteroatoms. The third-order valence-electron chi connectivity index (χ3n) is 2.05. The summed E-state index contributed by atoms with van der Waals surface area (Å²) in [5.41, 5.74) is 0.765. The Balaban J connectivity index is 2.24. The molecule has 1 atom stereocenters. The van der Waals surface area contributed by atoms with E-state index >= 15 is 0 Å². The molecule has 0 aromatic rings. The first-order valence-corrected chi connectivity index (χ1v) is 5.30. The smallest absolute Gasteiger partial charge is 0.179 e. The van der Waals surface area contributed by atoms with Gasteiger partial charge in [0, 0.05) is 17.4 Å². The summed E-state index contributed by atoms with van der Waals surface area (Å²) in [7, 11) is 0. The molecule has 3 nitrogen and oxygen atoms in total. The third kappa shape index (κ3) is 1.57. The van der Waals surface area contributed by atoms with E-state index in [2.05, 4.69) is 4.99 Å². The molecule has 0 bridgehead atoms. The summed E-state index contributed by atoms with van der Waals surface area (Å²) >= 11 is 1.37. The predicted octanol–water partition coefficient (Wildman–Crippen LogP) is 1.50. The van der Waals surface area contributed by atoms with Crippen molar-refractivity contribution in [3.05, 3.63) is 23.1 Å².